The number of ether oxygens (including phenoxy) is 3. The first kappa shape index (κ1) is 27.2. The molecule has 1 fully saturated rings. The third kappa shape index (κ3) is 5.24. The molecule has 0 saturated carbocycles. The average molecular weight is 559 g/mol. The minimum atomic E-state index is -0.900. The third-order valence-corrected chi connectivity index (χ3v) is 7.63. The molecule has 206 valence electrons. The normalized spacial score (nSPS) is 16.5. The summed E-state index contributed by atoms with van der Waals surface area (Å²) in [4.78, 5) is 33.2. The number of Topliss-reactive ketones (excluding diaryl/α,β-unsaturated/α-hetero) is 1. The van der Waals surface area contributed by atoms with Gasteiger partial charge in [0.1, 0.15) is 23.0 Å². The quantitative estimate of drug-likeness (QED) is 0.103. The lowest BCUT2D eigenvalue weighted by Gasteiger charge is -2.23. The standard InChI is InChI=1S/C31H30N2O6S/c1-4-6-16-39-21-12-10-19(11-13-21)27-26(28(34)20-8-7-9-22(17-20)37-3)29(35)30(36)33(27)31-32-24-15-14-23(38-5-2)18-25(24)40-31/h7-15,17-18,27,34H,4-6,16H2,1-3H3/b28-26+. The van der Waals surface area contributed by atoms with E-state index >= 15 is 0 Å². The number of amides is 1. The van der Waals surface area contributed by atoms with Crippen LogP contribution in [0.2, 0.25) is 0 Å². The van der Waals surface area contributed by atoms with Crippen LogP contribution in [0, 0.1) is 0 Å². The molecule has 0 aliphatic carbocycles. The van der Waals surface area contributed by atoms with E-state index in [0.717, 1.165) is 17.5 Å². The van der Waals surface area contributed by atoms with Gasteiger partial charge in [0.2, 0.25) is 0 Å². The largest absolute Gasteiger partial charge is 0.507 e. The van der Waals surface area contributed by atoms with Crippen molar-refractivity contribution in [3.05, 3.63) is 83.4 Å². The van der Waals surface area contributed by atoms with Crippen molar-refractivity contribution in [1.29, 1.82) is 0 Å². The van der Waals surface area contributed by atoms with Gasteiger partial charge in [0, 0.05) is 5.56 Å². The van der Waals surface area contributed by atoms with Crippen molar-refractivity contribution in [1.82, 2.24) is 4.98 Å². The van der Waals surface area contributed by atoms with Crippen LogP contribution in [0.5, 0.6) is 17.2 Å². The molecule has 0 radical (unpaired) electrons. The van der Waals surface area contributed by atoms with E-state index in [4.69, 9.17) is 14.2 Å². The number of carbonyl (C=O) groups excluding carboxylic acids is 2. The van der Waals surface area contributed by atoms with E-state index in [1.165, 1.54) is 23.3 Å². The Kier molecular flexibility index (Phi) is 8.02. The first-order chi connectivity index (χ1) is 19.4. The highest BCUT2D eigenvalue weighted by Crippen LogP contribution is 2.45. The van der Waals surface area contributed by atoms with Crippen LogP contribution in [-0.4, -0.2) is 42.1 Å². The Morgan fingerprint density at radius 2 is 1.75 bits per heavy atom. The number of hydrogen-bond acceptors (Lipinski definition) is 8. The highest BCUT2D eigenvalue weighted by molar-refractivity contribution is 7.22. The second-order valence-electron chi connectivity index (χ2n) is 9.23. The van der Waals surface area contributed by atoms with E-state index in [-0.39, 0.29) is 11.3 Å². The van der Waals surface area contributed by atoms with Gasteiger partial charge >= 0.3 is 5.91 Å². The molecule has 0 bridgehead atoms. The Bertz CT molecular complexity index is 1580. The number of anilines is 1. The number of unbranched alkanes of at least 4 members (excludes halogenated alkanes) is 1. The number of nitrogens with zero attached hydrogens (tertiary/aromatic N) is 2. The number of aliphatic hydroxyl groups excluding tert-OH is 1. The van der Waals surface area contributed by atoms with Crippen LogP contribution in [0.1, 0.15) is 43.9 Å². The minimum Gasteiger partial charge on any atom is -0.507 e. The van der Waals surface area contributed by atoms with E-state index in [1.54, 1.807) is 24.3 Å². The molecule has 1 atom stereocenters. The molecule has 8 nitrogen and oxygen atoms in total. The molecule has 1 saturated heterocycles. The van der Waals surface area contributed by atoms with Crippen molar-refractivity contribution in [3.63, 3.8) is 0 Å². The molecule has 2 heterocycles. The zero-order chi connectivity index (χ0) is 28.2. The number of aromatic nitrogens is 1. The van der Waals surface area contributed by atoms with Crippen LogP contribution in [-0.2, 0) is 9.59 Å². The van der Waals surface area contributed by atoms with Gasteiger partial charge in [-0.1, -0.05) is 48.9 Å². The number of ketones is 1. The van der Waals surface area contributed by atoms with Crippen molar-refractivity contribution >= 4 is 44.1 Å². The minimum absolute atomic E-state index is 0.0211. The van der Waals surface area contributed by atoms with Crippen LogP contribution < -0.4 is 19.1 Å². The maximum Gasteiger partial charge on any atom is 0.301 e. The lowest BCUT2D eigenvalue weighted by molar-refractivity contribution is -0.132. The zero-order valence-electron chi connectivity index (χ0n) is 22.5. The van der Waals surface area contributed by atoms with Crippen molar-refractivity contribution in [2.75, 3.05) is 25.2 Å². The second kappa shape index (κ2) is 11.8. The SMILES string of the molecule is CCCCOc1ccc(C2/C(=C(\O)c3cccc(OC)c3)C(=O)C(=O)N2c2nc3ccc(OCC)cc3s2)cc1. The monoisotopic (exact) mass is 558 g/mol. The number of methoxy groups -OCH3 is 1. The molecule has 1 aliphatic heterocycles. The fraction of sp³-hybridized carbons (Fsp3) is 0.258. The number of carbonyl (C=O) groups is 2. The lowest BCUT2D eigenvalue weighted by atomic mass is 9.95. The molecule has 40 heavy (non-hydrogen) atoms. The molecule has 4 aromatic rings. The first-order valence-corrected chi connectivity index (χ1v) is 14.0. The Balaban J connectivity index is 1.63. The van der Waals surface area contributed by atoms with E-state index in [0.29, 0.717) is 52.2 Å². The van der Waals surface area contributed by atoms with Gasteiger partial charge in [0.15, 0.2) is 5.13 Å². The summed E-state index contributed by atoms with van der Waals surface area (Å²) in [5.41, 5.74) is 1.66. The molecule has 1 aromatic heterocycles. The Labute approximate surface area is 236 Å². The van der Waals surface area contributed by atoms with Crippen molar-refractivity contribution < 1.29 is 28.9 Å². The van der Waals surface area contributed by atoms with Crippen LogP contribution in [0.15, 0.2) is 72.3 Å². The molecule has 1 unspecified atom stereocenters. The van der Waals surface area contributed by atoms with Gasteiger partial charge in [-0.15, -0.1) is 0 Å². The van der Waals surface area contributed by atoms with E-state index in [1.807, 2.05) is 49.4 Å². The molecule has 9 heteroatoms. The second-order valence-corrected chi connectivity index (χ2v) is 10.2. The van der Waals surface area contributed by atoms with Crippen molar-refractivity contribution in [3.8, 4) is 17.2 Å². The number of hydrogen-bond donors (Lipinski definition) is 1. The maximum absolute atomic E-state index is 13.6. The number of benzene rings is 3. The Morgan fingerprint density at radius 1 is 0.975 bits per heavy atom. The molecule has 5 rings (SSSR count). The summed E-state index contributed by atoms with van der Waals surface area (Å²) in [7, 11) is 1.52. The summed E-state index contributed by atoms with van der Waals surface area (Å²) < 4.78 is 17.6. The predicted molar refractivity (Wildman–Crippen MR) is 155 cm³/mol. The number of fused-ring (bicyclic) bond motifs is 1. The van der Waals surface area contributed by atoms with Crippen LogP contribution in [0.25, 0.3) is 16.0 Å². The molecule has 0 spiro atoms. The lowest BCUT2D eigenvalue weighted by Crippen LogP contribution is -2.29. The predicted octanol–water partition coefficient (Wildman–Crippen LogP) is 6.51. The van der Waals surface area contributed by atoms with Crippen molar-refractivity contribution in [2.24, 2.45) is 0 Å². The van der Waals surface area contributed by atoms with Crippen LogP contribution >= 0.6 is 11.3 Å². The fourth-order valence-corrected chi connectivity index (χ4v) is 5.62. The van der Waals surface area contributed by atoms with Gasteiger partial charge in [-0.3, -0.25) is 14.5 Å². The summed E-state index contributed by atoms with van der Waals surface area (Å²) in [6.07, 6.45) is 1.95. The average Bonchev–Trinajstić information content (AvgIpc) is 3.51. The van der Waals surface area contributed by atoms with Gasteiger partial charge in [-0.25, -0.2) is 4.98 Å². The number of rotatable bonds is 10. The topological polar surface area (TPSA) is 98.2 Å². The van der Waals surface area contributed by atoms with Gasteiger partial charge in [0.05, 0.1) is 42.2 Å². The Morgan fingerprint density at radius 3 is 2.48 bits per heavy atom. The highest BCUT2D eigenvalue weighted by Gasteiger charge is 2.48. The maximum atomic E-state index is 13.6. The first-order valence-electron chi connectivity index (χ1n) is 13.2. The summed E-state index contributed by atoms with van der Waals surface area (Å²) in [5.74, 6) is 0.0583. The van der Waals surface area contributed by atoms with E-state index in [9.17, 15) is 14.7 Å². The summed E-state index contributed by atoms with van der Waals surface area (Å²) in [6, 6.07) is 18.6. The summed E-state index contributed by atoms with van der Waals surface area (Å²) >= 11 is 1.28. The molecular formula is C31H30N2O6S. The fourth-order valence-electron chi connectivity index (χ4n) is 4.60. The van der Waals surface area contributed by atoms with E-state index < -0.39 is 17.7 Å². The smallest absolute Gasteiger partial charge is 0.301 e. The van der Waals surface area contributed by atoms with Crippen molar-refractivity contribution in [2.45, 2.75) is 32.7 Å². The molecular weight excluding hydrogens is 528 g/mol. The van der Waals surface area contributed by atoms with Gasteiger partial charge in [-0.2, -0.15) is 0 Å². The van der Waals surface area contributed by atoms with Crippen LogP contribution in [0.4, 0.5) is 5.13 Å². The van der Waals surface area contributed by atoms with Gasteiger partial charge in [-0.05, 0) is 61.4 Å². The zero-order valence-corrected chi connectivity index (χ0v) is 23.4. The third-order valence-electron chi connectivity index (χ3n) is 6.62. The van der Waals surface area contributed by atoms with Gasteiger partial charge < -0.3 is 19.3 Å². The molecule has 1 aliphatic rings. The van der Waals surface area contributed by atoms with Gasteiger partial charge in [0.25, 0.3) is 5.78 Å². The number of thiazole rings is 1. The summed E-state index contributed by atoms with van der Waals surface area (Å²) in [6.45, 7) is 5.12. The highest BCUT2D eigenvalue weighted by atomic mass is 32.1. The summed E-state index contributed by atoms with van der Waals surface area (Å²) in [5, 5.41) is 11.8. The van der Waals surface area contributed by atoms with E-state index in [2.05, 4.69) is 11.9 Å². The molecule has 1 amide bonds. The molecule has 1 N–H and O–H groups in total. The number of aliphatic hydroxyl groups is 1. The Hall–Kier alpha value is -4.37. The van der Waals surface area contributed by atoms with Crippen LogP contribution in [0.3, 0.4) is 0 Å². The molecule has 3 aromatic carbocycles.